The number of methoxy groups -OCH3 is 2. The third-order valence-corrected chi connectivity index (χ3v) is 6.33. The van der Waals surface area contributed by atoms with Gasteiger partial charge in [0.1, 0.15) is 17.0 Å². The van der Waals surface area contributed by atoms with Crippen LogP contribution in [0.5, 0.6) is 11.5 Å². The Labute approximate surface area is 166 Å². The van der Waals surface area contributed by atoms with Crippen LogP contribution in [-0.4, -0.2) is 43.4 Å². The monoisotopic (exact) mass is 400 g/mol. The Morgan fingerprint density at radius 1 is 1.25 bits per heavy atom. The molecule has 2 aliphatic rings. The predicted molar refractivity (Wildman–Crippen MR) is 103 cm³/mol. The van der Waals surface area contributed by atoms with Gasteiger partial charge in [0.05, 0.1) is 26.3 Å². The zero-order valence-electron chi connectivity index (χ0n) is 15.6. The van der Waals surface area contributed by atoms with Crippen LogP contribution in [0.2, 0.25) is 0 Å². The van der Waals surface area contributed by atoms with Crippen LogP contribution >= 0.6 is 11.3 Å². The molecular formula is C20H20N2O5S. The maximum absolute atomic E-state index is 13.2. The molecule has 7 nitrogen and oxygen atoms in total. The maximum Gasteiger partial charge on any atom is 0.325 e. The fraction of sp³-hybridized carbons (Fsp3) is 0.350. The first-order valence-corrected chi connectivity index (χ1v) is 9.84. The lowest BCUT2D eigenvalue weighted by molar-refractivity contribution is -0.131. The number of urea groups is 1. The molecule has 0 radical (unpaired) electrons. The number of amides is 3. The summed E-state index contributed by atoms with van der Waals surface area (Å²) in [6, 6.07) is 6.21. The van der Waals surface area contributed by atoms with E-state index >= 15 is 0 Å². The van der Waals surface area contributed by atoms with Gasteiger partial charge in [-0.15, -0.1) is 11.3 Å². The Bertz CT molecular complexity index is 969. The average Bonchev–Trinajstić information content (AvgIpc) is 3.28. The number of benzene rings is 1. The molecule has 2 heterocycles. The Morgan fingerprint density at radius 3 is 2.82 bits per heavy atom. The van der Waals surface area contributed by atoms with E-state index in [2.05, 4.69) is 5.32 Å². The van der Waals surface area contributed by atoms with Gasteiger partial charge in [0, 0.05) is 10.4 Å². The van der Waals surface area contributed by atoms with E-state index in [-0.39, 0.29) is 18.0 Å². The Balaban J connectivity index is 1.63. The highest BCUT2D eigenvalue weighted by Gasteiger charge is 2.54. The van der Waals surface area contributed by atoms with Crippen LogP contribution in [0.15, 0.2) is 29.6 Å². The smallest absolute Gasteiger partial charge is 0.325 e. The van der Waals surface area contributed by atoms with Crippen LogP contribution in [0.25, 0.3) is 0 Å². The normalized spacial score (nSPS) is 20.9. The van der Waals surface area contributed by atoms with E-state index in [1.807, 2.05) is 11.4 Å². The number of thiophene rings is 1. The van der Waals surface area contributed by atoms with Gasteiger partial charge in [0.25, 0.3) is 5.91 Å². The van der Waals surface area contributed by atoms with Crippen molar-refractivity contribution in [2.45, 2.75) is 24.8 Å². The Kier molecular flexibility index (Phi) is 4.58. The van der Waals surface area contributed by atoms with Crippen molar-refractivity contribution in [3.8, 4) is 11.5 Å². The molecule has 2 aromatic rings. The summed E-state index contributed by atoms with van der Waals surface area (Å²) >= 11 is 1.59. The fourth-order valence-electron chi connectivity index (χ4n) is 3.95. The molecule has 1 aromatic heterocycles. The number of fused-ring (bicyclic) bond motifs is 2. The van der Waals surface area contributed by atoms with Gasteiger partial charge in [0.15, 0.2) is 5.78 Å². The van der Waals surface area contributed by atoms with Crippen molar-refractivity contribution >= 4 is 29.1 Å². The topological polar surface area (TPSA) is 84.9 Å². The van der Waals surface area contributed by atoms with Gasteiger partial charge >= 0.3 is 6.03 Å². The summed E-state index contributed by atoms with van der Waals surface area (Å²) in [7, 11) is 2.96. The molecule has 1 aliphatic carbocycles. The molecule has 1 atom stereocenters. The summed E-state index contributed by atoms with van der Waals surface area (Å²) in [6.45, 7) is -0.352. The molecule has 0 bridgehead atoms. The molecule has 146 valence electrons. The number of imide groups is 1. The lowest BCUT2D eigenvalue weighted by Gasteiger charge is -2.31. The first-order valence-electron chi connectivity index (χ1n) is 8.96. The quantitative estimate of drug-likeness (QED) is 0.616. The first-order chi connectivity index (χ1) is 13.5. The van der Waals surface area contributed by atoms with Crippen molar-refractivity contribution < 1.29 is 23.9 Å². The van der Waals surface area contributed by atoms with Crippen molar-refractivity contribution in [2.24, 2.45) is 0 Å². The summed E-state index contributed by atoms with van der Waals surface area (Å²) in [4.78, 5) is 40.9. The number of ether oxygens (including phenoxy) is 2. The zero-order chi connectivity index (χ0) is 19.9. The summed E-state index contributed by atoms with van der Waals surface area (Å²) in [5, 5.41) is 4.79. The number of nitrogens with one attached hydrogen (secondary N) is 1. The number of carbonyl (C=O) groups is 3. The van der Waals surface area contributed by atoms with E-state index in [1.54, 1.807) is 29.5 Å². The molecule has 0 unspecified atom stereocenters. The van der Waals surface area contributed by atoms with E-state index in [0.717, 1.165) is 28.2 Å². The predicted octanol–water partition coefficient (Wildman–Crippen LogP) is 2.73. The number of aryl methyl sites for hydroxylation is 1. The standard InChI is InChI=1S/C20H20N2O5S/c1-26-12-5-6-16(27-2)13(10-12)15(23)11-22-18(24)20(21-19(22)25)8-3-4-17-14(20)7-9-28-17/h5-7,9-10H,3-4,8,11H2,1-2H3,(H,21,25)/t20-/m0/s1. The van der Waals surface area contributed by atoms with Crippen LogP contribution in [0.4, 0.5) is 4.79 Å². The molecule has 3 amide bonds. The SMILES string of the molecule is COc1ccc(OC)c(C(=O)CN2C(=O)N[C@]3(CCCc4sccc43)C2=O)c1. The van der Waals surface area contributed by atoms with Gasteiger partial charge in [-0.1, -0.05) is 0 Å². The van der Waals surface area contributed by atoms with Crippen molar-refractivity contribution in [2.75, 3.05) is 20.8 Å². The summed E-state index contributed by atoms with van der Waals surface area (Å²) in [6.07, 6.45) is 2.25. The lowest BCUT2D eigenvalue weighted by atomic mass is 9.80. The molecule has 1 aromatic carbocycles. The molecule has 1 saturated heterocycles. The highest BCUT2D eigenvalue weighted by Crippen LogP contribution is 2.42. The van der Waals surface area contributed by atoms with Gasteiger partial charge in [-0.25, -0.2) is 4.79 Å². The van der Waals surface area contributed by atoms with Crippen LogP contribution in [0.1, 0.15) is 33.6 Å². The summed E-state index contributed by atoms with van der Waals surface area (Å²) in [5.41, 5.74) is 0.0722. The molecule has 1 spiro atoms. The summed E-state index contributed by atoms with van der Waals surface area (Å²) in [5.74, 6) is 0.100. The average molecular weight is 400 g/mol. The Morgan fingerprint density at radius 2 is 2.07 bits per heavy atom. The van der Waals surface area contributed by atoms with Crippen LogP contribution < -0.4 is 14.8 Å². The highest BCUT2D eigenvalue weighted by atomic mass is 32.1. The van der Waals surface area contributed by atoms with Gasteiger partial charge < -0.3 is 14.8 Å². The molecule has 1 N–H and O–H groups in total. The first kappa shape index (κ1) is 18.5. The number of rotatable bonds is 5. The molecule has 28 heavy (non-hydrogen) atoms. The minimum Gasteiger partial charge on any atom is -0.497 e. The van der Waals surface area contributed by atoms with Gasteiger partial charge in [-0.2, -0.15) is 0 Å². The third kappa shape index (κ3) is 2.75. The molecule has 0 saturated carbocycles. The number of ketones is 1. The number of nitrogens with zero attached hydrogens (tertiary/aromatic N) is 1. The van der Waals surface area contributed by atoms with Crippen LogP contribution in [0, 0.1) is 0 Å². The molecule has 8 heteroatoms. The second-order valence-corrected chi connectivity index (χ2v) is 7.83. The van der Waals surface area contributed by atoms with E-state index in [0.29, 0.717) is 17.9 Å². The van der Waals surface area contributed by atoms with E-state index < -0.39 is 17.4 Å². The van der Waals surface area contributed by atoms with Gasteiger partial charge in [-0.3, -0.25) is 14.5 Å². The Hall–Kier alpha value is -2.87. The van der Waals surface area contributed by atoms with E-state index in [1.165, 1.54) is 14.2 Å². The van der Waals surface area contributed by atoms with E-state index in [4.69, 9.17) is 9.47 Å². The minimum atomic E-state index is -1.05. The lowest BCUT2D eigenvalue weighted by Crippen LogP contribution is -2.46. The van der Waals surface area contributed by atoms with Crippen LogP contribution in [0.3, 0.4) is 0 Å². The second-order valence-electron chi connectivity index (χ2n) is 6.83. The number of hydrogen-bond acceptors (Lipinski definition) is 6. The highest BCUT2D eigenvalue weighted by molar-refractivity contribution is 7.10. The largest absolute Gasteiger partial charge is 0.497 e. The molecule has 4 rings (SSSR count). The fourth-order valence-corrected chi connectivity index (χ4v) is 4.95. The zero-order valence-corrected chi connectivity index (χ0v) is 16.4. The van der Waals surface area contributed by atoms with Crippen LogP contribution in [-0.2, 0) is 16.8 Å². The molecule has 1 fully saturated rings. The van der Waals surface area contributed by atoms with Crippen molar-refractivity contribution in [3.63, 3.8) is 0 Å². The molecular weight excluding hydrogens is 380 g/mol. The van der Waals surface area contributed by atoms with Gasteiger partial charge in [-0.05, 0) is 48.9 Å². The second kappa shape index (κ2) is 6.94. The summed E-state index contributed by atoms with van der Waals surface area (Å²) < 4.78 is 10.4. The number of Topliss-reactive ketones (excluding diaryl/α,β-unsaturated/α-hetero) is 1. The third-order valence-electron chi connectivity index (χ3n) is 5.35. The van der Waals surface area contributed by atoms with Crippen molar-refractivity contribution in [1.29, 1.82) is 0 Å². The van der Waals surface area contributed by atoms with Crippen molar-refractivity contribution in [1.82, 2.24) is 10.2 Å². The number of hydrogen-bond donors (Lipinski definition) is 1. The number of carbonyl (C=O) groups excluding carboxylic acids is 3. The van der Waals surface area contributed by atoms with Gasteiger partial charge in [0.2, 0.25) is 0 Å². The minimum absolute atomic E-state index is 0.267. The molecule has 1 aliphatic heterocycles. The maximum atomic E-state index is 13.2. The van der Waals surface area contributed by atoms with Crippen molar-refractivity contribution in [3.05, 3.63) is 45.6 Å². The van der Waals surface area contributed by atoms with E-state index in [9.17, 15) is 14.4 Å².